The normalized spacial score (nSPS) is 14.1. The van der Waals surface area contributed by atoms with E-state index < -0.39 is 0 Å². The van der Waals surface area contributed by atoms with E-state index in [4.69, 9.17) is 4.98 Å². The van der Waals surface area contributed by atoms with Gasteiger partial charge < -0.3 is 10.2 Å². The quantitative estimate of drug-likeness (QED) is 0.710. The summed E-state index contributed by atoms with van der Waals surface area (Å²) in [6.07, 6.45) is 2.38. The molecule has 6 heteroatoms. The molecule has 1 saturated heterocycles. The summed E-state index contributed by atoms with van der Waals surface area (Å²) < 4.78 is 0. The Kier molecular flexibility index (Phi) is 4.60. The molecule has 3 heterocycles. The monoisotopic (exact) mass is 380 g/mol. The van der Waals surface area contributed by atoms with Crippen molar-refractivity contribution in [3.05, 3.63) is 45.6 Å². The first-order valence-corrected chi connectivity index (χ1v) is 10.2. The minimum atomic E-state index is -0.0748. The van der Waals surface area contributed by atoms with Gasteiger partial charge in [-0.05, 0) is 63.3 Å². The number of fused-ring (bicyclic) bond motifs is 1. The number of anilines is 2. The summed E-state index contributed by atoms with van der Waals surface area (Å²) in [6, 6.07) is 6.09. The summed E-state index contributed by atoms with van der Waals surface area (Å²) in [5.41, 5.74) is 4.02. The SMILES string of the molecule is Cc1ccc(C)c(NC(=O)c2sc3nc(C)nc(N4CCCC4)c3c2C)c1. The number of hydrogen-bond donors (Lipinski definition) is 1. The number of carbonyl (C=O) groups excluding carboxylic acids is 1. The highest BCUT2D eigenvalue weighted by Gasteiger charge is 2.24. The Labute approximate surface area is 163 Å². The number of nitrogens with one attached hydrogen (secondary N) is 1. The Bertz CT molecular complexity index is 1030. The molecule has 0 radical (unpaired) electrons. The third-order valence-corrected chi connectivity index (χ3v) is 6.32. The molecule has 0 unspecified atom stereocenters. The lowest BCUT2D eigenvalue weighted by Crippen LogP contribution is -2.20. The maximum atomic E-state index is 13.0. The Morgan fingerprint density at radius 1 is 1.11 bits per heavy atom. The van der Waals surface area contributed by atoms with Crippen molar-refractivity contribution in [3.8, 4) is 0 Å². The van der Waals surface area contributed by atoms with Gasteiger partial charge in [-0.3, -0.25) is 4.79 Å². The van der Waals surface area contributed by atoms with Gasteiger partial charge in [-0.2, -0.15) is 0 Å². The molecular formula is C21H24N4OS. The van der Waals surface area contributed by atoms with Gasteiger partial charge in [0.05, 0.1) is 10.3 Å². The van der Waals surface area contributed by atoms with Crippen LogP contribution in [0.2, 0.25) is 0 Å². The molecule has 1 aliphatic heterocycles. The molecule has 1 amide bonds. The number of rotatable bonds is 3. The summed E-state index contributed by atoms with van der Waals surface area (Å²) in [5, 5.41) is 4.11. The van der Waals surface area contributed by atoms with E-state index in [0.717, 1.165) is 57.3 Å². The van der Waals surface area contributed by atoms with Gasteiger partial charge in [-0.15, -0.1) is 11.3 Å². The molecule has 1 N–H and O–H groups in total. The number of benzene rings is 1. The molecule has 1 fully saturated rings. The van der Waals surface area contributed by atoms with E-state index in [1.165, 1.54) is 24.2 Å². The van der Waals surface area contributed by atoms with Crippen molar-refractivity contribution >= 4 is 39.0 Å². The first-order chi connectivity index (χ1) is 12.9. The molecule has 0 bridgehead atoms. The van der Waals surface area contributed by atoms with Crippen LogP contribution in [0.15, 0.2) is 18.2 Å². The fourth-order valence-electron chi connectivity index (χ4n) is 3.65. The van der Waals surface area contributed by atoms with Gasteiger partial charge in [0.1, 0.15) is 16.5 Å². The maximum absolute atomic E-state index is 13.0. The van der Waals surface area contributed by atoms with Crippen LogP contribution in [0.1, 0.15) is 45.0 Å². The Morgan fingerprint density at radius 3 is 2.59 bits per heavy atom. The molecule has 5 nitrogen and oxygen atoms in total. The first-order valence-electron chi connectivity index (χ1n) is 9.35. The Balaban J connectivity index is 1.76. The lowest BCUT2D eigenvalue weighted by Gasteiger charge is -2.18. The van der Waals surface area contributed by atoms with Crippen LogP contribution in [0.3, 0.4) is 0 Å². The number of thiophene rings is 1. The lowest BCUT2D eigenvalue weighted by atomic mass is 10.1. The molecule has 4 rings (SSSR count). The van der Waals surface area contributed by atoms with E-state index in [0.29, 0.717) is 4.88 Å². The van der Waals surface area contributed by atoms with E-state index in [1.807, 2.05) is 39.8 Å². The van der Waals surface area contributed by atoms with E-state index >= 15 is 0 Å². The van der Waals surface area contributed by atoms with E-state index in [-0.39, 0.29) is 5.91 Å². The standard InChI is InChI=1S/C21H24N4OS/c1-12-7-8-13(2)16(11-12)24-20(26)18-14(3)17-19(25-9-5-6-10-25)22-15(4)23-21(17)27-18/h7-8,11H,5-6,9-10H2,1-4H3,(H,24,26). The molecule has 0 saturated carbocycles. The Hall–Kier alpha value is -2.47. The van der Waals surface area contributed by atoms with Gasteiger partial charge in [-0.1, -0.05) is 12.1 Å². The van der Waals surface area contributed by atoms with Crippen LogP contribution in [0.4, 0.5) is 11.5 Å². The third kappa shape index (κ3) is 3.30. The molecule has 1 aliphatic rings. The summed E-state index contributed by atoms with van der Waals surface area (Å²) in [7, 11) is 0. The van der Waals surface area contributed by atoms with Gasteiger partial charge in [0.2, 0.25) is 0 Å². The predicted octanol–water partition coefficient (Wildman–Crippen LogP) is 4.78. The molecule has 27 heavy (non-hydrogen) atoms. The highest BCUT2D eigenvalue weighted by atomic mass is 32.1. The summed E-state index contributed by atoms with van der Waals surface area (Å²) in [6.45, 7) is 10.0. The molecular weight excluding hydrogens is 356 g/mol. The minimum absolute atomic E-state index is 0.0748. The van der Waals surface area contributed by atoms with E-state index in [2.05, 4.69) is 21.3 Å². The van der Waals surface area contributed by atoms with Crippen LogP contribution in [0, 0.1) is 27.7 Å². The minimum Gasteiger partial charge on any atom is -0.356 e. The topological polar surface area (TPSA) is 58.1 Å². The Morgan fingerprint density at radius 2 is 1.85 bits per heavy atom. The zero-order valence-electron chi connectivity index (χ0n) is 16.2. The highest BCUT2D eigenvalue weighted by molar-refractivity contribution is 7.20. The van der Waals surface area contributed by atoms with Crippen molar-refractivity contribution in [2.24, 2.45) is 0 Å². The zero-order chi connectivity index (χ0) is 19.1. The summed E-state index contributed by atoms with van der Waals surface area (Å²) >= 11 is 1.46. The number of nitrogens with zero attached hydrogens (tertiary/aromatic N) is 3. The largest absolute Gasteiger partial charge is 0.356 e. The molecule has 1 aromatic carbocycles. The maximum Gasteiger partial charge on any atom is 0.266 e. The number of carbonyl (C=O) groups is 1. The molecule has 0 atom stereocenters. The van der Waals surface area contributed by atoms with Crippen molar-refractivity contribution < 1.29 is 4.79 Å². The second-order valence-electron chi connectivity index (χ2n) is 7.30. The van der Waals surface area contributed by atoms with Crippen molar-refractivity contribution in [1.29, 1.82) is 0 Å². The number of hydrogen-bond acceptors (Lipinski definition) is 5. The van der Waals surface area contributed by atoms with Crippen LogP contribution in [0.25, 0.3) is 10.2 Å². The van der Waals surface area contributed by atoms with Crippen molar-refractivity contribution in [1.82, 2.24) is 9.97 Å². The first kappa shape index (κ1) is 17.9. The second kappa shape index (κ2) is 6.93. The van der Waals surface area contributed by atoms with Crippen molar-refractivity contribution in [2.45, 2.75) is 40.5 Å². The number of aryl methyl sites for hydroxylation is 4. The van der Waals surface area contributed by atoms with E-state index in [1.54, 1.807) is 0 Å². The molecule has 3 aromatic rings. The van der Waals surface area contributed by atoms with Crippen LogP contribution in [-0.4, -0.2) is 29.0 Å². The van der Waals surface area contributed by atoms with Gasteiger partial charge >= 0.3 is 0 Å². The summed E-state index contributed by atoms with van der Waals surface area (Å²) in [5.74, 6) is 1.66. The van der Waals surface area contributed by atoms with Crippen LogP contribution >= 0.6 is 11.3 Å². The van der Waals surface area contributed by atoms with E-state index in [9.17, 15) is 4.79 Å². The molecule has 0 spiro atoms. The van der Waals surface area contributed by atoms with Gasteiger partial charge in [-0.25, -0.2) is 9.97 Å². The average Bonchev–Trinajstić information content (AvgIpc) is 3.26. The van der Waals surface area contributed by atoms with Crippen LogP contribution in [0.5, 0.6) is 0 Å². The third-order valence-electron chi connectivity index (χ3n) is 5.14. The number of amides is 1. The molecule has 2 aromatic heterocycles. The summed E-state index contributed by atoms with van der Waals surface area (Å²) in [4.78, 5) is 26.3. The van der Waals surface area contributed by atoms with Crippen molar-refractivity contribution in [2.75, 3.05) is 23.3 Å². The highest BCUT2D eigenvalue weighted by Crippen LogP contribution is 2.37. The van der Waals surface area contributed by atoms with Crippen LogP contribution in [-0.2, 0) is 0 Å². The van der Waals surface area contributed by atoms with Crippen LogP contribution < -0.4 is 10.2 Å². The fourth-order valence-corrected chi connectivity index (χ4v) is 4.76. The van der Waals surface area contributed by atoms with Crippen molar-refractivity contribution in [3.63, 3.8) is 0 Å². The van der Waals surface area contributed by atoms with Gasteiger partial charge in [0, 0.05) is 18.8 Å². The molecule has 0 aliphatic carbocycles. The lowest BCUT2D eigenvalue weighted by molar-refractivity contribution is 0.103. The van der Waals surface area contributed by atoms with Gasteiger partial charge in [0.15, 0.2) is 0 Å². The fraction of sp³-hybridized carbons (Fsp3) is 0.381. The predicted molar refractivity (Wildman–Crippen MR) is 112 cm³/mol. The zero-order valence-corrected chi connectivity index (χ0v) is 17.0. The van der Waals surface area contributed by atoms with Gasteiger partial charge in [0.25, 0.3) is 5.91 Å². The second-order valence-corrected chi connectivity index (χ2v) is 8.30. The smallest absolute Gasteiger partial charge is 0.266 e. The number of aromatic nitrogens is 2. The molecule has 140 valence electrons. The average molecular weight is 381 g/mol.